The maximum absolute atomic E-state index is 12.8. The first-order chi connectivity index (χ1) is 36.1. The lowest BCUT2D eigenvalue weighted by molar-refractivity contribution is -0.432. The number of nitrogens with zero attached hydrogens (tertiary/aromatic N) is 6. The zero-order valence-electron chi connectivity index (χ0n) is 38.3. The van der Waals surface area contributed by atoms with Crippen LogP contribution >= 0.6 is 36.1 Å². The summed E-state index contributed by atoms with van der Waals surface area (Å²) < 4.78 is 118. The lowest BCUT2D eigenvalue weighted by Gasteiger charge is -2.16. The Labute approximate surface area is 442 Å². The number of anilines is 10. The summed E-state index contributed by atoms with van der Waals surface area (Å²) in [4.78, 5) is 24.3. The summed E-state index contributed by atoms with van der Waals surface area (Å²) in [6, 6.07) is 13.6. The van der Waals surface area contributed by atoms with Crippen molar-refractivity contribution in [3.05, 3.63) is 83.9 Å². The van der Waals surface area contributed by atoms with E-state index < -0.39 is 57.1 Å². The minimum Gasteiger partial charge on any atom is -0.394 e. The molecule has 38 heteroatoms. The van der Waals surface area contributed by atoms with Crippen molar-refractivity contribution in [3.63, 3.8) is 0 Å². The van der Waals surface area contributed by atoms with E-state index in [2.05, 4.69) is 85.6 Å². The van der Waals surface area contributed by atoms with Crippen LogP contribution in [-0.2, 0) is 58.5 Å². The average Bonchev–Trinajstić information content (AvgIpc) is 3.36. The molecule has 408 valence electrons. The third-order valence-electron chi connectivity index (χ3n) is 9.27. The molecule has 0 aliphatic heterocycles. The molecule has 0 spiro atoms. The predicted octanol–water partition coefficient (Wildman–Crippen LogP) is 5.81. The Kier molecular flexibility index (Phi) is 20.7. The molecule has 0 aliphatic carbocycles. The van der Waals surface area contributed by atoms with Crippen LogP contribution in [0.25, 0.3) is 12.2 Å². The van der Waals surface area contributed by atoms with Gasteiger partial charge in [-0.1, -0.05) is 39.4 Å². The van der Waals surface area contributed by atoms with Crippen LogP contribution in [0.5, 0.6) is 0 Å². The molecule has 2 unspecified atom stereocenters. The Morgan fingerprint density at radius 2 is 0.974 bits per heavy atom. The van der Waals surface area contributed by atoms with Gasteiger partial charge in [0.25, 0.3) is 30.4 Å². The van der Waals surface area contributed by atoms with Crippen LogP contribution in [0.2, 0.25) is 0 Å². The van der Waals surface area contributed by atoms with E-state index in [1.165, 1.54) is 60.7 Å². The molecule has 0 bridgehead atoms. The monoisotopic (exact) mass is 1180 g/mol. The molecule has 6 aromatic rings. The third kappa shape index (κ3) is 17.1. The number of aliphatic hydroxyl groups is 2. The molecule has 2 atom stereocenters. The highest BCUT2D eigenvalue weighted by atomic mass is 32.2. The quantitative estimate of drug-likeness (QED) is 0.00905. The van der Waals surface area contributed by atoms with E-state index >= 15 is 0 Å². The van der Waals surface area contributed by atoms with Crippen molar-refractivity contribution < 1.29 is 93.0 Å². The minimum atomic E-state index is -4.98. The van der Waals surface area contributed by atoms with Gasteiger partial charge in [-0.3, -0.25) is 13.7 Å². The minimum absolute atomic E-state index is 0.00337. The van der Waals surface area contributed by atoms with Crippen LogP contribution in [-0.4, -0.2) is 120 Å². The molecule has 14 N–H and O–H groups in total. The molecule has 0 fully saturated rings. The molecule has 0 saturated heterocycles. The Hall–Kier alpha value is -6.22. The van der Waals surface area contributed by atoms with Crippen molar-refractivity contribution >= 4 is 137 Å². The number of nitrogens with one attached hydrogen (secondary N) is 6. The van der Waals surface area contributed by atoms with Crippen molar-refractivity contribution in [1.82, 2.24) is 29.9 Å². The molecular weight excluding hydrogens is 1140 g/mol. The molecule has 2 heterocycles. The van der Waals surface area contributed by atoms with Crippen LogP contribution in [0, 0.1) is 0 Å². The normalized spacial score (nSPS) is 12.8. The number of rotatable bonds is 28. The lowest BCUT2D eigenvalue weighted by Crippen LogP contribution is -2.21. The van der Waals surface area contributed by atoms with Gasteiger partial charge in [0.1, 0.15) is 9.79 Å². The lowest BCUT2D eigenvalue weighted by atomic mass is 10.1. The van der Waals surface area contributed by atoms with Crippen LogP contribution in [0.4, 0.5) is 58.4 Å². The van der Waals surface area contributed by atoms with Crippen LogP contribution in [0.3, 0.4) is 0 Å². The molecule has 6 rings (SSSR count). The van der Waals surface area contributed by atoms with Crippen LogP contribution in [0.15, 0.2) is 102 Å². The van der Waals surface area contributed by atoms with E-state index in [0.717, 1.165) is 24.3 Å². The zero-order valence-corrected chi connectivity index (χ0v) is 43.2. The summed E-state index contributed by atoms with van der Waals surface area (Å²) in [7, 11) is -14.5. The van der Waals surface area contributed by atoms with Gasteiger partial charge >= 0.3 is 0 Å². The maximum atomic E-state index is 12.8. The summed E-state index contributed by atoms with van der Waals surface area (Å²) >= 11 is 1.40. The fraction of sp³-hybridized carbons (Fsp3) is 0.158. The maximum Gasteiger partial charge on any atom is 0.296 e. The largest absolute Gasteiger partial charge is 0.394 e. The van der Waals surface area contributed by atoms with Gasteiger partial charge in [-0.25, -0.2) is 15.8 Å². The van der Waals surface area contributed by atoms with Crippen LogP contribution in [0.1, 0.15) is 25.0 Å². The average molecular weight is 1180 g/mol. The van der Waals surface area contributed by atoms with Crippen molar-refractivity contribution in [1.29, 1.82) is 0 Å². The van der Waals surface area contributed by atoms with E-state index in [9.17, 15) is 49.1 Å². The first kappa shape index (κ1) is 59.0. The molecular formula is C38H40N12O20S6. The standard InChI is InChI=1S/C38H40N12O20S6/c1-19(17-51)39-33-46-36(49-37(47-33)43-27-16-26(74(56,57)58)10-11-29(27)72-69-66-54)42-24-8-6-22(32(14-24)76(62,63)64)4-3-21-5-7-23(13-30(21)73-70-67-55)41-35-45-34(40-20(2)18-52)48-38(50-35)44-28-15-25(71-68-65-53)9-12-31(28)75(59,60)61/h3-16,19-20,51-55H,17-18H2,1-2H3,(H,56,57,58)(H,59,60,61)(H,62,63,64)(H3,39,42,43,46,47,49)(H3,40,41,44,45,48,50). The highest BCUT2D eigenvalue weighted by molar-refractivity contribution is 7.95. The Balaban J connectivity index is 1.31. The predicted molar refractivity (Wildman–Crippen MR) is 269 cm³/mol. The van der Waals surface area contributed by atoms with Gasteiger partial charge in [-0.2, -0.15) is 55.2 Å². The van der Waals surface area contributed by atoms with Gasteiger partial charge in [-0.05, 0) is 85.6 Å². The van der Waals surface area contributed by atoms with Crippen LogP contribution < -0.4 is 31.9 Å². The molecule has 0 amide bonds. The first-order valence-electron chi connectivity index (χ1n) is 20.5. The SMILES string of the molecule is CC(CO)Nc1nc(Nc2ccc(C=Cc3ccc(Nc4nc(Nc5cc(SOOO)ccc5S(=O)(=O)O)nc(NC(C)CO)n4)cc3SOOO)c(S(=O)(=O)O)c2)nc(Nc2cc(S(=O)(=O)O)ccc2SOOO)n1. The van der Waals surface area contributed by atoms with Gasteiger partial charge in [-0.15, -0.1) is 13.0 Å². The van der Waals surface area contributed by atoms with E-state index in [1.54, 1.807) is 13.8 Å². The second kappa shape index (κ2) is 26.7. The Morgan fingerprint density at radius 1 is 0.500 bits per heavy atom. The second-order valence-corrected chi connectivity index (χ2v) is 21.3. The summed E-state index contributed by atoms with van der Waals surface area (Å²) in [5.41, 5.74) is 0.142. The molecule has 0 radical (unpaired) electrons. The van der Waals surface area contributed by atoms with E-state index in [0.29, 0.717) is 41.7 Å². The van der Waals surface area contributed by atoms with Crippen molar-refractivity contribution in [2.45, 2.75) is 55.3 Å². The summed E-state index contributed by atoms with van der Waals surface area (Å²) in [6.45, 7) is 2.45. The van der Waals surface area contributed by atoms with E-state index in [4.69, 9.17) is 20.1 Å². The van der Waals surface area contributed by atoms with E-state index in [1.807, 2.05) is 0 Å². The Bertz CT molecular complexity index is 3390. The molecule has 76 heavy (non-hydrogen) atoms. The van der Waals surface area contributed by atoms with Gasteiger partial charge in [0, 0.05) is 33.2 Å². The molecule has 32 nitrogen and oxygen atoms in total. The Morgan fingerprint density at radius 3 is 1.50 bits per heavy atom. The van der Waals surface area contributed by atoms with Crippen molar-refractivity contribution in [2.24, 2.45) is 0 Å². The summed E-state index contributed by atoms with van der Waals surface area (Å²) in [5, 5.41) is 73.5. The highest BCUT2D eigenvalue weighted by Crippen LogP contribution is 2.35. The first-order valence-corrected chi connectivity index (χ1v) is 27.1. The topological polar surface area (TPSA) is 469 Å². The fourth-order valence-electron chi connectivity index (χ4n) is 5.99. The number of benzene rings is 4. The molecule has 0 saturated carbocycles. The summed E-state index contributed by atoms with van der Waals surface area (Å²) in [6.07, 6.45) is 2.72. The molecule has 0 aliphatic rings. The van der Waals surface area contributed by atoms with Gasteiger partial charge in [0.2, 0.25) is 35.7 Å². The zero-order chi connectivity index (χ0) is 55.2. The molecule has 4 aromatic carbocycles. The number of hydrogen-bond donors (Lipinski definition) is 14. The van der Waals surface area contributed by atoms with Gasteiger partial charge in [0.15, 0.2) is 0 Å². The fourth-order valence-corrected chi connectivity index (χ4v) is 9.17. The highest BCUT2D eigenvalue weighted by Gasteiger charge is 2.22. The van der Waals surface area contributed by atoms with Crippen molar-refractivity contribution in [3.8, 4) is 0 Å². The number of aliphatic hydroxyl groups excluding tert-OH is 2. The smallest absolute Gasteiger partial charge is 0.296 e. The second-order valence-electron chi connectivity index (χ2n) is 14.8. The third-order valence-corrected chi connectivity index (χ3v) is 13.8. The summed E-state index contributed by atoms with van der Waals surface area (Å²) in [5.74, 6) is -1.30. The van der Waals surface area contributed by atoms with Gasteiger partial charge in [0.05, 0.1) is 70.5 Å². The van der Waals surface area contributed by atoms with Crippen molar-refractivity contribution in [2.75, 3.05) is 45.1 Å². The molecule has 2 aromatic heterocycles. The number of aromatic nitrogens is 6. The number of hydrogen-bond acceptors (Lipinski definition) is 32. The van der Waals surface area contributed by atoms with E-state index in [-0.39, 0.29) is 91.9 Å². The van der Waals surface area contributed by atoms with Gasteiger partial charge < -0.3 is 42.1 Å².